The van der Waals surface area contributed by atoms with E-state index in [0.717, 1.165) is 12.4 Å². The Kier molecular flexibility index (Phi) is 4.97. The first-order valence-corrected chi connectivity index (χ1v) is 9.33. The van der Waals surface area contributed by atoms with Gasteiger partial charge in [0.2, 0.25) is 0 Å². The van der Waals surface area contributed by atoms with Gasteiger partial charge in [-0.05, 0) is 48.3 Å². The Labute approximate surface area is 169 Å². The van der Waals surface area contributed by atoms with Crippen molar-refractivity contribution in [3.8, 4) is 0 Å². The Hall–Kier alpha value is -3.35. The number of carboxylic acid groups (broad SMARTS) is 1. The van der Waals surface area contributed by atoms with Crippen LogP contribution in [0.1, 0.15) is 40.2 Å². The van der Waals surface area contributed by atoms with Crippen LogP contribution in [-0.2, 0) is 6.18 Å². The van der Waals surface area contributed by atoms with Crippen LogP contribution in [0.4, 0.5) is 23.7 Å². The summed E-state index contributed by atoms with van der Waals surface area (Å²) in [4.78, 5) is 25.4. The van der Waals surface area contributed by atoms with Crippen molar-refractivity contribution in [1.29, 1.82) is 0 Å². The maximum atomic E-state index is 13.3. The maximum Gasteiger partial charge on any atom is 0.424 e. The van der Waals surface area contributed by atoms with Gasteiger partial charge in [-0.3, -0.25) is 0 Å². The Morgan fingerprint density at radius 1 is 1.17 bits per heavy atom. The monoisotopic (exact) mass is 418 g/mol. The third kappa shape index (κ3) is 3.75. The van der Waals surface area contributed by atoms with Crippen LogP contribution in [-0.4, -0.2) is 45.3 Å². The molecule has 1 aliphatic heterocycles. The van der Waals surface area contributed by atoms with E-state index in [9.17, 15) is 27.9 Å². The largest absolute Gasteiger partial charge is 0.478 e. The van der Waals surface area contributed by atoms with Crippen molar-refractivity contribution in [2.24, 2.45) is 11.8 Å². The average molecular weight is 418 g/mol. The number of halogens is 3. The van der Waals surface area contributed by atoms with Crippen LogP contribution >= 0.6 is 0 Å². The number of hydrogen-bond donors (Lipinski definition) is 2. The molecule has 0 bridgehead atoms. The number of likely N-dealkylation sites (tertiary alicyclic amines) is 1. The lowest BCUT2D eigenvalue weighted by Gasteiger charge is -2.21. The highest BCUT2D eigenvalue weighted by atomic mass is 19.4. The number of carbonyl (C=O) groups is 2. The molecule has 1 aliphatic carbocycles. The minimum absolute atomic E-state index is 0.0447. The fourth-order valence-electron chi connectivity index (χ4n) is 4.48. The quantitative estimate of drug-likeness (QED) is 0.796. The first-order chi connectivity index (χ1) is 14.2. The topological polar surface area (TPSA) is 95.4 Å². The number of carbonyl (C=O) groups excluding carboxylic acids is 1. The van der Waals surface area contributed by atoms with Crippen LogP contribution in [0.25, 0.3) is 0 Å². The van der Waals surface area contributed by atoms with Crippen LogP contribution in [0, 0.1) is 24.0 Å². The summed E-state index contributed by atoms with van der Waals surface area (Å²) in [7, 11) is 0. The molecule has 0 spiro atoms. The Morgan fingerprint density at radius 3 is 2.47 bits per heavy atom. The molecule has 1 aromatic carbocycles. The molecule has 1 unspecified atom stereocenters. The molecule has 10 heteroatoms. The van der Waals surface area contributed by atoms with Gasteiger partial charge in [0.1, 0.15) is 11.1 Å². The minimum atomic E-state index is -4.48. The van der Waals surface area contributed by atoms with E-state index in [2.05, 4.69) is 27.6 Å². The number of rotatable bonds is 3. The Bertz CT molecular complexity index is 968. The molecule has 3 atom stereocenters. The molecule has 7 nitrogen and oxygen atoms in total. The van der Waals surface area contributed by atoms with Gasteiger partial charge in [0.25, 0.3) is 0 Å². The molecule has 4 rings (SSSR count). The molecular formula is C20H17F3N4O3. The van der Waals surface area contributed by atoms with Gasteiger partial charge in [-0.2, -0.15) is 23.4 Å². The second-order valence-electron chi connectivity index (χ2n) is 7.58. The van der Waals surface area contributed by atoms with Crippen molar-refractivity contribution in [2.75, 3.05) is 18.4 Å². The number of aromatic carboxylic acids is 1. The normalized spacial score (nSPS) is 23.0. The standard InChI is InChI=1S/C20H17F3N4O3/c21-20(22,23)16-4-2-1-3-14(16)11-5-12-9-27(10-13(12)6-11)19(30)26-17-8-25-24-7-15(17)18(28)29/h1,3,7-8,11-13H,5-6,9-10H2,(H,28,29)(H,24,26,30)/t11?,12-,13+. The summed E-state index contributed by atoms with van der Waals surface area (Å²) < 4.78 is 39.9. The maximum absolute atomic E-state index is 13.3. The van der Waals surface area contributed by atoms with E-state index >= 15 is 0 Å². The summed E-state index contributed by atoms with van der Waals surface area (Å²) in [5.74, 6) is -1.31. The first kappa shape index (κ1) is 19.9. The average Bonchev–Trinajstić information content (AvgIpc) is 3.27. The molecule has 1 saturated carbocycles. The number of fused-ring (bicyclic) bond motifs is 1. The van der Waals surface area contributed by atoms with Crippen molar-refractivity contribution in [2.45, 2.75) is 24.9 Å². The summed E-state index contributed by atoms with van der Waals surface area (Å²) in [6, 6.07) is 7.03. The Morgan fingerprint density at radius 2 is 1.83 bits per heavy atom. The number of amides is 2. The lowest BCUT2D eigenvalue weighted by Crippen LogP contribution is -2.34. The molecule has 2 amide bonds. The van der Waals surface area contributed by atoms with E-state index in [-0.39, 0.29) is 34.6 Å². The van der Waals surface area contributed by atoms with Gasteiger partial charge in [0.15, 0.2) is 0 Å². The number of nitrogens with zero attached hydrogens (tertiary/aromatic N) is 3. The van der Waals surface area contributed by atoms with Crippen molar-refractivity contribution in [3.63, 3.8) is 0 Å². The zero-order valence-electron chi connectivity index (χ0n) is 15.6. The number of carboxylic acids is 1. The van der Waals surface area contributed by atoms with E-state index in [0.29, 0.717) is 25.9 Å². The predicted octanol–water partition coefficient (Wildman–Crippen LogP) is 3.45. The first-order valence-electron chi connectivity index (χ1n) is 9.33. The molecule has 30 heavy (non-hydrogen) atoms. The van der Waals surface area contributed by atoms with Gasteiger partial charge < -0.3 is 15.3 Å². The zero-order valence-corrected chi connectivity index (χ0v) is 15.6. The highest BCUT2D eigenvalue weighted by Crippen LogP contribution is 2.48. The third-order valence-electron chi connectivity index (χ3n) is 5.80. The highest BCUT2D eigenvalue weighted by molar-refractivity contribution is 5.99. The van der Waals surface area contributed by atoms with Crippen LogP contribution in [0.5, 0.6) is 0 Å². The molecule has 1 aromatic heterocycles. The lowest BCUT2D eigenvalue weighted by molar-refractivity contribution is -0.138. The summed E-state index contributed by atoms with van der Waals surface area (Å²) in [6.45, 7) is 0.801. The van der Waals surface area contributed by atoms with Gasteiger partial charge in [-0.25, -0.2) is 9.59 Å². The van der Waals surface area contributed by atoms with Crippen molar-refractivity contribution in [3.05, 3.63) is 53.3 Å². The van der Waals surface area contributed by atoms with E-state index in [1.807, 2.05) is 0 Å². The molecular weight excluding hydrogens is 401 g/mol. The number of anilines is 1. The second-order valence-corrected chi connectivity index (χ2v) is 7.58. The predicted molar refractivity (Wildman–Crippen MR) is 97.7 cm³/mol. The molecule has 0 radical (unpaired) electrons. The van der Waals surface area contributed by atoms with E-state index in [1.54, 1.807) is 4.90 Å². The third-order valence-corrected chi connectivity index (χ3v) is 5.80. The van der Waals surface area contributed by atoms with E-state index in [4.69, 9.17) is 0 Å². The highest BCUT2D eigenvalue weighted by Gasteiger charge is 2.45. The second kappa shape index (κ2) is 7.48. The van der Waals surface area contributed by atoms with Crippen LogP contribution < -0.4 is 5.32 Å². The molecule has 2 aromatic rings. The molecule has 1 saturated heterocycles. The minimum Gasteiger partial charge on any atom is -0.478 e. The fourth-order valence-corrected chi connectivity index (χ4v) is 4.48. The van der Waals surface area contributed by atoms with Gasteiger partial charge in [-0.1, -0.05) is 12.1 Å². The number of alkyl halides is 3. The van der Waals surface area contributed by atoms with Crippen molar-refractivity contribution >= 4 is 17.7 Å². The number of hydrogen-bond acceptors (Lipinski definition) is 4. The zero-order chi connectivity index (χ0) is 21.5. The summed E-state index contributed by atoms with van der Waals surface area (Å²) in [6.07, 6.45) is -1.17. The molecule has 2 N–H and O–H groups in total. The van der Waals surface area contributed by atoms with Crippen LogP contribution in [0.15, 0.2) is 24.5 Å². The summed E-state index contributed by atoms with van der Waals surface area (Å²) in [5.41, 5.74) is -0.658. The van der Waals surface area contributed by atoms with E-state index < -0.39 is 23.7 Å². The number of aromatic nitrogens is 2. The van der Waals surface area contributed by atoms with Gasteiger partial charge >= 0.3 is 18.2 Å². The SMILES string of the molecule is O=C(O)c1cnncc1NC(=O)N1C[C@H]2CC(c3ccc#cc3C(F)(F)F)C[C@H]2C1. The van der Waals surface area contributed by atoms with Gasteiger partial charge in [-0.15, -0.1) is 0 Å². The Balaban J connectivity index is 1.42. The number of urea groups is 1. The fraction of sp³-hybridized carbons (Fsp3) is 0.400. The summed E-state index contributed by atoms with van der Waals surface area (Å²) >= 11 is 0. The van der Waals surface area contributed by atoms with Crippen LogP contribution in [0.2, 0.25) is 0 Å². The molecule has 2 heterocycles. The molecule has 2 fully saturated rings. The van der Waals surface area contributed by atoms with Crippen molar-refractivity contribution in [1.82, 2.24) is 15.1 Å². The van der Waals surface area contributed by atoms with Gasteiger partial charge in [0.05, 0.1) is 18.1 Å². The van der Waals surface area contributed by atoms with Crippen molar-refractivity contribution < 1.29 is 27.9 Å². The molecule has 156 valence electrons. The number of nitrogens with one attached hydrogen (secondary N) is 1. The van der Waals surface area contributed by atoms with E-state index in [1.165, 1.54) is 12.1 Å². The lowest BCUT2D eigenvalue weighted by atomic mass is 9.92. The summed E-state index contributed by atoms with van der Waals surface area (Å²) in [5, 5.41) is 18.8. The van der Waals surface area contributed by atoms with Crippen LogP contribution in [0.3, 0.4) is 0 Å². The smallest absolute Gasteiger partial charge is 0.424 e. The van der Waals surface area contributed by atoms with Gasteiger partial charge in [0, 0.05) is 13.1 Å². The molecule has 2 aliphatic rings.